The van der Waals surface area contributed by atoms with E-state index >= 15 is 0 Å². The Labute approximate surface area is 97.9 Å². The van der Waals surface area contributed by atoms with Crippen molar-refractivity contribution in [1.29, 1.82) is 0 Å². The Kier molecular flexibility index (Phi) is 3.40. The van der Waals surface area contributed by atoms with Gasteiger partial charge in [-0.15, -0.1) is 0 Å². The van der Waals surface area contributed by atoms with Gasteiger partial charge < -0.3 is 0 Å². The topological polar surface area (TPSA) is 0 Å². The van der Waals surface area contributed by atoms with E-state index in [4.69, 9.17) is 0 Å². The van der Waals surface area contributed by atoms with Gasteiger partial charge in [-0.3, -0.25) is 0 Å². The molecule has 0 unspecified atom stereocenters. The van der Waals surface area contributed by atoms with Crippen LogP contribution in [-0.2, 0) is 12.8 Å². The summed E-state index contributed by atoms with van der Waals surface area (Å²) in [5.41, 5.74) is 5.27. The van der Waals surface area contributed by atoms with E-state index in [1.54, 1.807) is 0 Å². The second-order valence-electron chi connectivity index (χ2n) is 3.97. The van der Waals surface area contributed by atoms with E-state index in [1.165, 1.54) is 22.3 Å². The second-order valence-corrected chi connectivity index (χ2v) is 3.97. The minimum atomic E-state index is 1.06. The van der Waals surface area contributed by atoms with Crippen LogP contribution >= 0.6 is 0 Å². The summed E-state index contributed by atoms with van der Waals surface area (Å²) in [7, 11) is 0. The highest BCUT2D eigenvalue weighted by molar-refractivity contribution is 5.66. The third kappa shape index (κ3) is 2.16. The molecule has 0 amide bonds. The first-order valence-corrected chi connectivity index (χ1v) is 5.94. The van der Waals surface area contributed by atoms with Gasteiger partial charge in [-0.1, -0.05) is 56.3 Å². The largest absolute Gasteiger partial charge is 0.0613 e. The number of hydrogen-bond acceptors (Lipinski definition) is 0. The Hall–Kier alpha value is -1.56. The van der Waals surface area contributed by atoms with Crippen molar-refractivity contribution in [1.82, 2.24) is 0 Å². The van der Waals surface area contributed by atoms with Crippen LogP contribution in [-0.4, -0.2) is 0 Å². The zero-order valence-corrected chi connectivity index (χ0v) is 9.96. The Balaban J connectivity index is 2.42. The van der Waals surface area contributed by atoms with Crippen molar-refractivity contribution in [3.05, 3.63) is 59.7 Å². The fourth-order valence-corrected chi connectivity index (χ4v) is 1.94. The summed E-state index contributed by atoms with van der Waals surface area (Å²) in [5, 5.41) is 0. The molecular formula is C16H17. The molecule has 81 valence electrons. The Morgan fingerprint density at radius 3 is 2.31 bits per heavy atom. The van der Waals surface area contributed by atoms with Crippen LogP contribution in [0.2, 0.25) is 0 Å². The van der Waals surface area contributed by atoms with Crippen molar-refractivity contribution >= 4 is 0 Å². The zero-order valence-electron chi connectivity index (χ0n) is 9.96. The lowest BCUT2D eigenvalue weighted by molar-refractivity contribution is 1.13. The number of hydrogen-bond donors (Lipinski definition) is 0. The van der Waals surface area contributed by atoms with Crippen LogP contribution in [0.5, 0.6) is 0 Å². The van der Waals surface area contributed by atoms with Crippen molar-refractivity contribution in [3.63, 3.8) is 0 Å². The van der Waals surface area contributed by atoms with E-state index in [2.05, 4.69) is 56.3 Å². The molecule has 0 aliphatic carbocycles. The van der Waals surface area contributed by atoms with Crippen molar-refractivity contribution in [3.8, 4) is 11.1 Å². The first kappa shape index (κ1) is 10.9. The predicted octanol–water partition coefficient (Wildman–Crippen LogP) is 4.28. The summed E-state index contributed by atoms with van der Waals surface area (Å²) in [5.74, 6) is 0. The third-order valence-corrected chi connectivity index (χ3v) is 2.97. The van der Waals surface area contributed by atoms with E-state index in [0.29, 0.717) is 0 Å². The quantitative estimate of drug-likeness (QED) is 0.707. The Morgan fingerprint density at radius 1 is 0.938 bits per heavy atom. The number of aryl methyl sites for hydroxylation is 2. The van der Waals surface area contributed by atoms with Gasteiger partial charge in [0.2, 0.25) is 0 Å². The fourth-order valence-electron chi connectivity index (χ4n) is 1.94. The lowest BCUT2D eigenvalue weighted by Crippen LogP contribution is -1.88. The molecule has 0 heteroatoms. The smallest absolute Gasteiger partial charge is 0.00732 e. The minimum absolute atomic E-state index is 1.06. The van der Waals surface area contributed by atoms with Gasteiger partial charge in [0.15, 0.2) is 0 Å². The van der Waals surface area contributed by atoms with E-state index in [9.17, 15) is 0 Å². The maximum Gasteiger partial charge on any atom is -0.00732 e. The molecule has 0 aromatic heterocycles. The van der Waals surface area contributed by atoms with Crippen molar-refractivity contribution < 1.29 is 0 Å². The van der Waals surface area contributed by atoms with Crippen LogP contribution in [0.25, 0.3) is 11.1 Å². The molecule has 0 nitrogen and oxygen atoms in total. The number of rotatable bonds is 3. The molecule has 2 aromatic carbocycles. The molecule has 0 spiro atoms. The summed E-state index contributed by atoms with van der Waals surface area (Å²) in [4.78, 5) is 0. The normalized spacial score (nSPS) is 10.4. The molecule has 16 heavy (non-hydrogen) atoms. The van der Waals surface area contributed by atoms with Gasteiger partial charge in [-0.05, 0) is 41.2 Å². The molecule has 0 saturated carbocycles. The Morgan fingerprint density at radius 2 is 1.69 bits per heavy atom. The average molecular weight is 209 g/mol. The zero-order chi connectivity index (χ0) is 11.4. The molecule has 0 fully saturated rings. The Bertz CT molecular complexity index is 452. The van der Waals surface area contributed by atoms with Crippen LogP contribution in [0.15, 0.2) is 42.5 Å². The van der Waals surface area contributed by atoms with Crippen LogP contribution < -0.4 is 0 Å². The fraction of sp³-hybridized carbons (Fsp3) is 0.250. The SMILES string of the molecule is CCc1ccc(-c2[c]cccc2CC)cc1. The van der Waals surface area contributed by atoms with Crippen molar-refractivity contribution in [2.45, 2.75) is 26.7 Å². The lowest BCUT2D eigenvalue weighted by Gasteiger charge is -2.07. The summed E-state index contributed by atoms with van der Waals surface area (Å²) >= 11 is 0. The highest BCUT2D eigenvalue weighted by Gasteiger charge is 2.02. The van der Waals surface area contributed by atoms with Crippen LogP contribution in [0.4, 0.5) is 0 Å². The van der Waals surface area contributed by atoms with Gasteiger partial charge in [0, 0.05) is 0 Å². The number of benzene rings is 2. The van der Waals surface area contributed by atoms with Gasteiger partial charge in [-0.25, -0.2) is 0 Å². The monoisotopic (exact) mass is 209 g/mol. The van der Waals surface area contributed by atoms with Crippen molar-refractivity contribution in [2.75, 3.05) is 0 Å². The standard InChI is InChI=1S/C16H17/c1-3-13-9-11-15(12-10-13)16-8-6-5-7-14(16)4-2/h5-7,9-12H,3-4H2,1-2H3. The van der Waals surface area contributed by atoms with E-state index in [-0.39, 0.29) is 0 Å². The van der Waals surface area contributed by atoms with Crippen molar-refractivity contribution in [2.24, 2.45) is 0 Å². The van der Waals surface area contributed by atoms with Crippen LogP contribution in [0, 0.1) is 6.07 Å². The molecule has 1 radical (unpaired) electrons. The maximum atomic E-state index is 3.34. The van der Waals surface area contributed by atoms with Gasteiger partial charge in [0.05, 0.1) is 0 Å². The van der Waals surface area contributed by atoms with Crippen LogP contribution in [0.3, 0.4) is 0 Å². The predicted molar refractivity (Wildman–Crippen MR) is 69.5 cm³/mol. The lowest BCUT2D eigenvalue weighted by atomic mass is 9.97. The molecule has 0 saturated heterocycles. The molecule has 0 aliphatic rings. The molecule has 0 bridgehead atoms. The molecule has 0 N–H and O–H groups in total. The summed E-state index contributed by atoms with van der Waals surface area (Å²) in [6.07, 6.45) is 2.15. The van der Waals surface area contributed by atoms with E-state index in [0.717, 1.165) is 12.8 Å². The highest BCUT2D eigenvalue weighted by atomic mass is 14.1. The van der Waals surface area contributed by atoms with Gasteiger partial charge >= 0.3 is 0 Å². The highest BCUT2D eigenvalue weighted by Crippen LogP contribution is 2.23. The van der Waals surface area contributed by atoms with Gasteiger partial charge in [0.25, 0.3) is 0 Å². The summed E-state index contributed by atoms with van der Waals surface area (Å²) in [6.45, 7) is 4.37. The molecular weight excluding hydrogens is 192 g/mol. The molecule has 0 aliphatic heterocycles. The maximum absolute atomic E-state index is 3.34. The first-order chi connectivity index (χ1) is 7.85. The molecule has 2 rings (SSSR count). The first-order valence-electron chi connectivity index (χ1n) is 5.94. The molecule has 0 atom stereocenters. The van der Waals surface area contributed by atoms with Gasteiger partial charge in [-0.2, -0.15) is 0 Å². The van der Waals surface area contributed by atoms with E-state index in [1.807, 2.05) is 6.07 Å². The molecule has 0 heterocycles. The summed E-state index contributed by atoms with van der Waals surface area (Å²) < 4.78 is 0. The van der Waals surface area contributed by atoms with E-state index < -0.39 is 0 Å². The van der Waals surface area contributed by atoms with Gasteiger partial charge in [0.1, 0.15) is 0 Å². The minimum Gasteiger partial charge on any atom is -0.0613 e. The second kappa shape index (κ2) is 4.98. The molecule has 2 aromatic rings. The van der Waals surface area contributed by atoms with Crippen LogP contribution in [0.1, 0.15) is 25.0 Å². The average Bonchev–Trinajstić information content (AvgIpc) is 2.39. The summed E-state index contributed by atoms with van der Waals surface area (Å²) in [6, 6.07) is 18.4. The third-order valence-electron chi connectivity index (χ3n) is 2.97.